The standard InChI is InChI=1S/C32H40ClN7O3S/c1-19(2)23-7-8-27(39-16-21(20(39)3)18-44(6,41)42)25-15-35-29(13-24(23)25)36-28-9-11-34-31(37-28)26-17-40(38-30(26)33)22-10-12-43-32(4,5)14-22/h7-9,11,13,15,17,19-22H,10,12,14,16,18H2,1-6H3,(H,34,35,36,37)/t20-,21-,22?/m1/s1. The second kappa shape index (κ2) is 11.6. The normalized spacial score (nSPS) is 21.9. The molecule has 0 amide bonds. The number of sulfone groups is 1. The maximum absolute atomic E-state index is 11.9. The van der Waals surface area contributed by atoms with E-state index in [1.165, 1.54) is 11.8 Å². The lowest BCUT2D eigenvalue weighted by molar-refractivity contribution is -0.0708. The van der Waals surface area contributed by atoms with Crippen molar-refractivity contribution < 1.29 is 13.2 Å². The summed E-state index contributed by atoms with van der Waals surface area (Å²) in [5, 5.41) is 10.5. The van der Waals surface area contributed by atoms with E-state index >= 15 is 0 Å². The second-order valence-corrected chi connectivity index (χ2v) is 15.7. The summed E-state index contributed by atoms with van der Waals surface area (Å²) in [5.74, 6) is 2.38. The van der Waals surface area contributed by atoms with Crippen molar-refractivity contribution >= 4 is 49.5 Å². The third kappa shape index (κ3) is 6.27. The molecule has 6 rings (SSSR count). The number of nitrogens with one attached hydrogen (secondary N) is 1. The van der Waals surface area contributed by atoms with E-state index in [0.717, 1.165) is 29.3 Å². The minimum absolute atomic E-state index is 0.120. The number of pyridine rings is 1. The van der Waals surface area contributed by atoms with Crippen LogP contribution in [0.1, 0.15) is 65.0 Å². The molecular formula is C32H40ClN7O3S. The molecule has 2 saturated heterocycles. The fraction of sp³-hybridized carbons (Fsp3) is 0.500. The van der Waals surface area contributed by atoms with Crippen LogP contribution in [-0.2, 0) is 14.6 Å². The molecule has 10 nitrogen and oxygen atoms in total. The molecule has 0 spiro atoms. The maximum atomic E-state index is 11.9. The van der Waals surface area contributed by atoms with Crippen LogP contribution in [0.5, 0.6) is 0 Å². The van der Waals surface area contributed by atoms with Crippen molar-refractivity contribution in [2.75, 3.05) is 35.4 Å². The first-order chi connectivity index (χ1) is 20.8. The summed E-state index contributed by atoms with van der Waals surface area (Å²) in [6, 6.07) is 8.50. The number of fused-ring (bicyclic) bond motifs is 1. The summed E-state index contributed by atoms with van der Waals surface area (Å²) in [4.78, 5) is 16.3. The zero-order valence-electron chi connectivity index (χ0n) is 26.1. The van der Waals surface area contributed by atoms with Gasteiger partial charge in [-0.3, -0.25) is 4.68 Å². The highest BCUT2D eigenvalue weighted by atomic mass is 35.5. The predicted octanol–water partition coefficient (Wildman–Crippen LogP) is 6.41. The summed E-state index contributed by atoms with van der Waals surface area (Å²) in [6.45, 7) is 12.0. The number of hydrogen-bond acceptors (Lipinski definition) is 9. The molecule has 4 aromatic rings. The van der Waals surface area contributed by atoms with Crippen molar-refractivity contribution in [3.05, 3.63) is 53.6 Å². The highest BCUT2D eigenvalue weighted by Crippen LogP contribution is 2.40. The molecule has 44 heavy (non-hydrogen) atoms. The van der Waals surface area contributed by atoms with Crippen LogP contribution in [0.15, 0.2) is 42.9 Å². The number of halogens is 1. The maximum Gasteiger partial charge on any atom is 0.166 e. The fourth-order valence-corrected chi connectivity index (χ4v) is 7.86. The number of aromatic nitrogens is 5. The predicted molar refractivity (Wildman–Crippen MR) is 176 cm³/mol. The quantitative estimate of drug-likeness (QED) is 0.234. The number of benzene rings is 1. The van der Waals surface area contributed by atoms with E-state index in [1.807, 2.05) is 17.1 Å². The average molecular weight is 638 g/mol. The molecule has 0 bridgehead atoms. The van der Waals surface area contributed by atoms with Crippen molar-refractivity contribution in [3.8, 4) is 11.4 Å². The third-order valence-corrected chi connectivity index (χ3v) is 10.2. The van der Waals surface area contributed by atoms with Gasteiger partial charge in [0.2, 0.25) is 0 Å². The molecule has 3 aromatic heterocycles. The van der Waals surface area contributed by atoms with E-state index in [2.05, 4.69) is 73.1 Å². The highest BCUT2D eigenvalue weighted by molar-refractivity contribution is 7.90. The Bertz CT molecular complexity index is 1810. The van der Waals surface area contributed by atoms with Gasteiger partial charge in [-0.25, -0.2) is 23.4 Å². The molecule has 1 unspecified atom stereocenters. The zero-order valence-corrected chi connectivity index (χ0v) is 27.7. The van der Waals surface area contributed by atoms with E-state index < -0.39 is 9.84 Å². The van der Waals surface area contributed by atoms with Gasteiger partial charge in [-0.15, -0.1) is 0 Å². The minimum atomic E-state index is -3.02. The van der Waals surface area contributed by atoms with E-state index in [9.17, 15) is 8.42 Å². The molecule has 3 atom stereocenters. The van der Waals surface area contributed by atoms with Gasteiger partial charge in [-0.05, 0) is 68.7 Å². The lowest BCUT2D eigenvalue weighted by Gasteiger charge is -2.48. The van der Waals surface area contributed by atoms with Gasteiger partial charge < -0.3 is 15.0 Å². The van der Waals surface area contributed by atoms with Crippen LogP contribution in [0.3, 0.4) is 0 Å². The Hall–Kier alpha value is -3.28. The lowest BCUT2D eigenvalue weighted by atomic mass is 9.88. The summed E-state index contributed by atoms with van der Waals surface area (Å²) >= 11 is 6.59. The largest absolute Gasteiger partial charge is 0.375 e. The molecule has 0 saturated carbocycles. The van der Waals surface area contributed by atoms with Crippen LogP contribution in [0.25, 0.3) is 22.2 Å². The number of hydrogen-bond donors (Lipinski definition) is 1. The van der Waals surface area contributed by atoms with Crippen molar-refractivity contribution in [3.63, 3.8) is 0 Å². The Balaban J connectivity index is 1.26. The molecule has 2 aliphatic rings. The van der Waals surface area contributed by atoms with Crippen LogP contribution >= 0.6 is 11.6 Å². The minimum Gasteiger partial charge on any atom is -0.375 e. The van der Waals surface area contributed by atoms with Crippen molar-refractivity contribution in [2.45, 2.75) is 71.1 Å². The van der Waals surface area contributed by atoms with Crippen molar-refractivity contribution in [2.24, 2.45) is 5.92 Å². The Morgan fingerprint density at radius 2 is 1.95 bits per heavy atom. The SMILES string of the molecule is CC(C)c1ccc(N2C[C@H](CS(C)(=O)=O)[C@H]2C)c2cnc(Nc3ccnc(-c4cn(C5CCOC(C)(C)C5)nc4Cl)n3)cc12. The van der Waals surface area contributed by atoms with Gasteiger partial charge in [0.05, 0.1) is 23.0 Å². The fourth-order valence-electron chi connectivity index (χ4n) is 6.48. The third-order valence-electron chi connectivity index (χ3n) is 8.85. The van der Waals surface area contributed by atoms with Gasteiger partial charge in [0.25, 0.3) is 0 Å². The number of nitrogens with zero attached hydrogens (tertiary/aromatic N) is 6. The molecule has 1 N–H and O–H groups in total. The molecular weight excluding hydrogens is 598 g/mol. The molecule has 1 aromatic carbocycles. The number of ether oxygens (including phenoxy) is 1. The van der Waals surface area contributed by atoms with Gasteiger partial charge in [0.1, 0.15) is 21.5 Å². The second-order valence-electron chi connectivity index (χ2n) is 13.1. The summed E-state index contributed by atoms with van der Waals surface area (Å²) in [5.41, 5.74) is 2.76. The molecule has 2 aliphatic heterocycles. The number of anilines is 3. The molecule has 0 radical (unpaired) electrons. The molecule has 12 heteroatoms. The van der Waals surface area contributed by atoms with Gasteiger partial charge in [-0.2, -0.15) is 5.10 Å². The smallest absolute Gasteiger partial charge is 0.166 e. The van der Waals surface area contributed by atoms with Crippen LogP contribution < -0.4 is 10.2 Å². The average Bonchev–Trinajstić information content (AvgIpc) is 3.35. The van der Waals surface area contributed by atoms with Crippen LogP contribution in [0, 0.1) is 5.92 Å². The van der Waals surface area contributed by atoms with E-state index in [0.29, 0.717) is 47.2 Å². The Labute approximate surface area is 264 Å². The zero-order chi connectivity index (χ0) is 31.4. The van der Waals surface area contributed by atoms with E-state index in [4.69, 9.17) is 26.3 Å². The van der Waals surface area contributed by atoms with Gasteiger partial charge in [-0.1, -0.05) is 31.5 Å². The first kappa shape index (κ1) is 30.7. The first-order valence-corrected chi connectivity index (χ1v) is 17.6. The van der Waals surface area contributed by atoms with Gasteiger partial charge in [0.15, 0.2) is 11.0 Å². The van der Waals surface area contributed by atoms with Crippen molar-refractivity contribution in [1.82, 2.24) is 24.7 Å². The van der Waals surface area contributed by atoms with Crippen LogP contribution in [0.4, 0.5) is 17.3 Å². The topological polar surface area (TPSA) is 115 Å². The first-order valence-electron chi connectivity index (χ1n) is 15.1. The molecule has 0 aliphatic carbocycles. The number of rotatable bonds is 8. The monoisotopic (exact) mass is 637 g/mol. The molecule has 5 heterocycles. The van der Waals surface area contributed by atoms with E-state index in [1.54, 1.807) is 12.3 Å². The van der Waals surface area contributed by atoms with Crippen LogP contribution in [0.2, 0.25) is 5.15 Å². The summed E-state index contributed by atoms with van der Waals surface area (Å²) in [6.07, 6.45) is 8.55. The molecule has 234 valence electrons. The highest BCUT2D eigenvalue weighted by Gasteiger charge is 2.38. The Morgan fingerprint density at radius 3 is 2.66 bits per heavy atom. The summed E-state index contributed by atoms with van der Waals surface area (Å²) < 4.78 is 31.6. The lowest BCUT2D eigenvalue weighted by Crippen LogP contribution is -2.57. The molecule has 2 fully saturated rings. The Kier molecular flexibility index (Phi) is 8.09. The van der Waals surface area contributed by atoms with Crippen molar-refractivity contribution in [1.29, 1.82) is 0 Å². The van der Waals surface area contributed by atoms with Crippen LogP contribution in [-0.4, -0.2) is 70.0 Å². The van der Waals surface area contributed by atoms with Gasteiger partial charge in [0, 0.05) is 61.0 Å². The summed E-state index contributed by atoms with van der Waals surface area (Å²) in [7, 11) is -3.02. The van der Waals surface area contributed by atoms with E-state index in [-0.39, 0.29) is 29.4 Å². The Morgan fingerprint density at radius 1 is 1.16 bits per heavy atom. The van der Waals surface area contributed by atoms with Gasteiger partial charge >= 0.3 is 0 Å².